The predicted molar refractivity (Wildman–Crippen MR) is 142 cm³/mol. The summed E-state index contributed by atoms with van der Waals surface area (Å²) in [6.07, 6.45) is -2.18. The van der Waals surface area contributed by atoms with Crippen LogP contribution in [0, 0.1) is 5.82 Å². The van der Waals surface area contributed by atoms with E-state index in [4.69, 9.17) is 21.4 Å². The van der Waals surface area contributed by atoms with Crippen molar-refractivity contribution in [3.63, 3.8) is 0 Å². The van der Waals surface area contributed by atoms with Crippen molar-refractivity contribution in [3.8, 4) is 16.9 Å². The van der Waals surface area contributed by atoms with Crippen molar-refractivity contribution >= 4 is 23.0 Å². The van der Waals surface area contributed by atoms with Crippen LogP contribution >= 0.6 is 11.6 Å². The van der Waals surface area contributed by atoms with Gasteiger partial charge in [0.15, 0.2) is 5.82 Å². The minimum Gasteiger partial charge on any atom is -0.486 e. The third-order valence-electron chi connectivity index (χ3n) is 7.06. The lowest BCUT2D eigenvalue weighted by Gasteiger charge is -2.11. The van der Waals surface area contributed by atoms with Gasteiger partial charge in [0.25, 0.3) is 0 Å². The highest BCUT2D eigenvalue weighted by Gasteiger charge is 2.33. The number of hydrogen-bond donors (Lipinski definition) is 0. The average Bonchev–Trinajstić information content (AvgIpc) is 3.33. The maximum atomic E-state index is 14.8. The molecule has 0 saturated heterocycles. The summed E-state index contributed by atoms with van der Waals surface area (Å²) in [4.78, 5) is 13.9. The van der Waals surface area contributed by atoms with Crippen LogP contribution in [0.2, 0.25) is 5.02 Å². The zero-order valence-corrected chi connectivity index (χ0v) is 21.8. The largest absolute Gasteiger partial charge is 0.486 e. The summed E-state index contributed by atoms with van der Waals surface area (Å²) >= 11 is 6.14. The highest BCUT2D eigenvalue weighted by atomic mass is 35.5. The fourth-order valence-corrected chi connectivity index (χ4v) is 5.36. The van der Waals surface area contributed by atoms with Crippen molar-refractivity contribution in [2.45, 2.75) is 38.6 Å². The minimum absolute atomic E-state index is 0.0497. The third kappa shape index (κ3) is 4.64. The second-order valence-corrected chi connectivity index (χ2v) is 10.0. The van der Waals surface area contributed by atoms with Crippen LogP contribution in [-0.4, -0.2) is 20.0 Å². The molecular formula is C30H22ClF4N3O2. The maximum Gasteiger partial charge on any atom is 0.416 e. The number of hydrogen-bond acceptors (Lipinski definition) is 3. The summed E-state index contributed by atoms with van der Waals surface area (Å²) in [6, 6.07) is 17.5. The zero-order valence-electron chi connectivity index (χ0n) is 21.0. The fraction of sp³-hybridized carbons (Fsp3) is 0.200. The highest BCUT2D eigenvalue weighted by molar-refractivity contribution is 6.30. The predicted octanol–water partition coefficient (Wildman–Crippen LogP) is 7.76. The number of benzene rings is 3. The molecule has 0 spiro atoms. The molecule has 2 aromatic heterocycles. The van der Waals surface area contributed by atoms with Crippen molar-refractivity contribution in [3.05, 3.63) is 112 Å². The third-order valence-corrected chi connectivity index (χ3v) is 7.31. The summed E-state index contributed by atoms with van der Waals surface area (Å²) in [6.45, 7) is 0.460. The van der Waals surface area contributed by atoms with Crippen LogP contribution in [0.5, 0.6) is 5.75 Å². The van der Waals surface area contributed by atoms with Gasteiger partial charge < -0.3 is 9.30 Å². The molecule has 204 valence electrons. The molecule has 3 aromatic carbocycles. The number of aryl methyl sites for hydroxylation is 2. The lowest BCUT2D eigenvalue weighted by Crippen LogP contribution is -2.10. The molecule has 0 N–H and O–H groups in total. The van der Waals surface area contributed by atoms with Crippen molar-refractivity contribution < 1.29 is 27.1 Å². The van der Waals surface area contributed by atoms with Gasteiger partial charge in [-0.05, 0) is 67.3 Å². The van der Waals surface area contributed by atoms with Gasteiger partial charge in [0, 0.05) is 22.7 Å². The first-order chi connectivity index (χ1) is 19.2. The molecule has 0 atom stereocenters. The number of ketones is 1. The summed E-state index contributed by atoms with van der Waals surface area (Å²) in [5, 5.41) is 5.25. The summed E-state index contributed by atoms with van der Waals surface area (Å²) in [7, 11) is 0. The van der Waals surface area contributed by atoms with Crippen LogP contribution in [-0.2, 0) is 25.7 Å². The first-order valence-electron chi connectivity index (χ1n) is 12.7. The lowest BCUT2D eigenvalue weighted by molar-refractivity contribution is -0.137. The average molecular weight is 568 g/mol. The Morgan fingerprint density at radius 3 is 2.52 bits per heavy atom. The Kier molecular flexibility index (Phi) is 6.62. The van der Waals surface area contributed by atoms with Gasteiger partial charge in [-0.15, -0.1) is 5.10 Å². The van der Waals surface area contributed by atoms with E-state index in [0.717, 1.165) is 36.1 Å². The van der Waals surface area contributed by atoms with Gasteiger partial charge in [0.2, 0.25) is 5.78 Å². The molecule has 0 fully saturated rings. The van der Waals surface area contributed by atoms with E-state index in [-0.39, 0.29) is 23.6 Å². The summed E-state index contributed by atoms with van der Waals surface area (Å²) < 4.78 is 63.6. The first-order valence-corrected chi connectivity index (χ1v) is 13.1. The molecule has 6 rings (SSSR count). The monoisotopic (exact) mass is 567 g/mol. The molecule has 0 radical (unpaired) electrons. The Hall–Kier alpha value is -4.11. The number of rotatable bonds is 6. The molecule has 10 heteroatoms. The molecule has 5 nitrogen and oxygen atoms in total. The molecule has 40 heavy (non-hydrogen) atoms. The van der Waals surface area contributed by atoms with E-state index in [1.807, 2.05) is 16.7 Å². The first kappa shape index (κ1) is 26.1. The number of nitrogens with zero attached hydrogens (tertiary/aromatic N) is 3. The van der Waals surface area contributed by atoms with Crippen LogP contribution in [0.1, 0.15) is 45.8 Å². The van der Waals surface area contributed by atoms with Crippen LogP contribution in [0.4, 0.5) is 17.6 Å². The minimum atomic E-state index is -4.50. The van der Waals surface area contributed by atoms with E-state index in [1.165, 1.54) is 34.8 Å². The van der Waals surface area contributed by atoms with Gasteiger partial charge in [-0.1, -0.05) is 41.9 Å². The molecule has 0 aliphatic carbocycles. The van der Waals surface area contributed by atoms with E-state index in [2.05, 4.69) is 0 Å². The van der Waals surface area contributed by atoms with E-state index in [1.54, 1.807) is 18.2 Å². The number of carbonyl (C=O) groups excluding carboxylic acids is 1. The standard InChI is InChI=1S/C30H22ClF4N3O2/c31-20-13-11-18(12-14-20)26-23-9-3-4-15-37-25(17-40-21-7-5-6-19(16-21)30(33,34)35)36-38(29(23)37)27(26)28(39)22-8-1-2-10-24(22)32/h1-2,5-8,10-14,16H,3-4,9,15,17H2. The molecule has 0 amide bonds. The van der Waals surface area contributed by atoms with Crippen molar-refractivity contribution in [2.75, 3.05) is 0 Å². The number of ether oxygens (including phenoxy) is 1. The van der Waals surface area contributed by atoms with Gasteiger partial charge in [-0.25, -0.2) is 8.91 Å². The van der Waals surface area contributed by atoms with Gasteiger partial charge >= 0.3 is 6.18 Å². The van der Waals surface area contributed by atoms with Crippen LogP contribution in [0.25, 0.3) is 16.8 Å². The number of alkyl halides is 3. The fourth-order valence-electron chi connectivity index (χ4n) is 5.23. The number of halogens is 5. The second kappa shape index (κ2) is 10.1. The van der Waals surface area contributed by atoms with E-state index < -0.39 is 23.3 Å². The van der Waals surface area contributed by atoms with Gasteiger partial charge in [0.05, 0.1) is 11.1 Å². The molecular weight excluding hydrogens is 546 g/mol. The molecule has 1 aliphatic rings. The Labute approximate surface area is 231 Å². The molecule has 0 unspecified atom stereocenters. The molecule has 0 bridgehead atoms. The smallest absolute Gasteiger partial charge is 0.416 e. The number of aromatic nitrogens is 3. The van der Waals surface area contributed by atoms with Crippen molar-refractivity contribution in [2.24, 2.45) is 0 Å². The van der Waals surface area contributed by atoms with Gasteiger partial charge in [-0.2, -0.15) is 13.2 Å². The van der Waals surface area contributed by atoms with E-state index in [0.29, 0.717) is 35.0 Å². The van der Waals surface area contributed by atoms with Crippen molar-refractivity contribution in [1.82, 2.24) is 14.2 Å². The highest BCUT2D eigenvalue weighted by Crippen LogP contribution is 2.38. The second-order valence-electron chi connectivity index (χ2n) is 9.59. The summed E-state index contributed by atoms with van der Waals surface area (Å²) in [5.41, 5.74) is 2.29. The number of carbonyl (C=O) groups is 1. The van der Waals surface area contributed by atoms with E-state index >= 15 is 0 Å². The van der Waals surface area contributed by atoms with E-state index in [9.17, 15) is 22.4 Å². The van der Waals surface area contributed by atoms with Gasteiger partial charge in [-0.3, -0.25) is 4.79 Å². The Bertz CT molecular complexity index is 1740. The molecule has 0 saturated carbocycles. The molecule has 1 aliphatic heterocycles. The van der Waals surface area contributed by atoms with Crippen molar-refractivity contribution in [1.29, 1.82) is 0 Å². The SMILES string of the molecule is O=C(c1ccccc1F)c1c(-c2ccc(Cl)cc2)c2c3n(c(COc4cccc(C(F)(F)F)c4)nn13)CCCC2. The normalized spacial score (nSPS) is 13.4. The lowest BCUT2D eigenvalue weighted by atomic mass is 9.95. The van der Waals surface area contributed by atoms with Crippen LogP contribution < -0.4 is 4.74 Å². The molecule has 3 heterocycles. The quantitative estimate of drug-likeness (QED) is 0.156. The Morgan fingerprint density at radius 2 is 1.77 bits per heavy atom. The summed E-state index contributed by atoms with van der Waals surface area (Å²) in [5.74, 6) is -0.681. The Morgan fingerprint density at radius 1 is 1.00 bits per heavy atom. The maximum absolute atomic E-state index is 14.8. The van der Waals surface area contributed by atoms with Gasteiger partial charge in [0.1, 0.15) is 29.5 Å². The zero-order chi connectivity index (χ0) is 28.0. The Balaban J connectivity index is 1.50. The van der Waals surface area contributed by atoms with Crippen LogP contribution in [0.15, 0.2) is 72.8 Å². The molecule has 5 aromatic rings. The topological polar surface area (TPSA) is 48.5 Å². The van der Waals surface area contributed by atoms with Crippen LogP contribution in [0.3, 0.4) is 0 Å².